The molecule has 0 atom stereocenters. The average Bonchev–Trinajstić information content (AvgIpc) is 2.95. The molecule has 0 aromatic heterocycles. The van der Waals surface area contributed by atoms with Crippen molar-refractivity contribution < 1.29 is 0 Å². The first-order chi connectivity index (χ1) is 12.7. The van der Waals surface area contributed by atoms with Gasteiger partial charge in [0, 0.05) is 11.1 Å². The SMILES string of the molecule is CC1=C(C)c2c(C)cc(C)cc2[C]1[SiH2][C]1C(C)=C(C)c2c(C)cc(C)cc21. The minimum atomic E-state index is -0.558. The highest BCUT2D eigenvalue weighted by Gasteiger charge is 2.36. The summed E-state index contributed by atoms with van der Waals surface area (Å²) in [5.41, 5.74) is 21.0. The maximum absolute atomic E-state index is 2.43. The van der Waals surface area contributed by atoms with Crippen molar-refractivity contribution in [1.82, 2.24) is 0 Å². The van der Waals surface area contributed by atoms with Crippen LogP contribution in [0.15, 0.2) is 35.4 Å². The van der Waals surface area contributed by atoms with Crippen LogP contribution in [0.4, 0.5) is 0 Å². The van der Waals surface area contributed by atoms with E-state index in [-0.39, 0.29) is 0 Å². The summed E-state index contributed by atoms with van der Waals surface area (Å²) in [7, 11) is -0.558. The van der Waals surface area contributed by atoms with Crippen molar-refractivity contribution in [2.24, 2.45) is 0 Å². The lowest BCUT2D eigenvalue weighted by atomic mass is 9.98. The fourth-order valence-corrected chi connectivity index (χ4v) is 7.62. The van der Waals surface area contributed by atoms with Crippen LogP contribution in [0.1, 0.15) is 72.2 Å². The van der Waals surface area contributed by atoms with Crippen LogP contribution in [0.25, 0.3) is 11.1 Å². The van der Waals surface area contributed by atoms with Gasteiger partial charge in [0.2, 0.25) is 0 Å². The van der Waals surface area contributed by atoms with Crippen molar-refractivity contribution >= 4 is 20.7 Å². The molecule has 0 N–H and O–H groups in total. The third-order valence-corrected chi connectivity index (χ3v) is 9.27. The standard InChI is InChI=1S/C26H30Si/c1-13-9-15(3)23-17(5)19(7)25(21(23)11-13)27-26-20(8)18(6)24-16(4)10-14(2)12-22(24)26/h9-12H,27H2,1-8H3. The van der Waals surface area contributed by atoms with Crippen LogP contribution in [-0.4, -0.2) is 9.52 Å². The number of hydrogen-bond acceptors (Lipinski definition) is 0. The van der Waals surface area contributed by atoms with E-state index in [9.17, 15) is 0 Å². The number of hydrogen-bond donors (Lipinski definition) is 0. The van der Waals surface area contributed by atoms with E-state index in [1.165, 1.54) is 66.8 Å². The second-order valence-corrected chi connectivity index (χ2v) is 10.4. The van der Waals surface area contributed by atoms with Crippen molar-refractivity contribution in [3.05, 3.63) is 91.0 Å². The predicted octanol–water partition coefficient (Wildman–Crippen LogP) is 6.16. The van der Waals surface area contributed by atoms with Crippen LogP contribution in [0.2, 0.25) is 0 Å². The van der Waals surface area contributed by atoms with Gasteiger partial charge in [-0.05, 0) is 99.9 Å². The molecule has 0 aliphatic heterocycles. The molecule has 0 nitrogen and oxygen atoms in total. The van der Waals surface area contributed by atoms with E-state index in [4.69, 9.17) is 0 Å². The zero-order valence-electron chi connectivity index (χ0n) is 18.0. The molecule has 0 heterocycles. The fraction of sp³-hybridized carbons (Fsp3) is 0.308. The Balaban J connectivity index is 1.82. The first-order valence-corrected chi connectivity index (χ1v) is 11.4. The van der Waals surface area contributed by atoms with E-state index in [2.05, 4.69) is 79.7 Å². The molecule has 0 fully saturated rings. The van der Waals surface area contributed by atoms with Gasteiger partial charge >= 0.3 is 0 Å². The summed E-state index contributed by atoms with van der Waals surface area (Å²) >= 11 is 0. The summed E-state index contributed by atoms with van der Waals surface area (Å²) in [6, 6.07) is 9.52. The highest BCUT2D eigenvalue weighted by molar-refractivity contribution is 6.56. The van der Waals surface area contributed by atoms with Crippen molar-refractivity contribution in [1.29, 1.82) is 0 Å². The smallest absolute Gasteiger partial charge is 0.0575 e. The molecular weight excluding hydrogens is 340 g/mol. The zero-order chi connectivity index (χ0) is 19.6. The van der Waals surface area contributed by atoms with Crippen LogP contribution < -0.4 is 0 Å². The second kappa shape index (κ2) is 6.34. The Hall–Kier alpha value is -1.86. The van der Waals surface area contributed by atoms with Gasteiger partial charge in [0.15, 0.2) is 0 Å². The molecule has 0 amide bonds. The lowest BCUT2D eigenvalue weighted by Crippen LogP contribution is -2.18. The molecular formula is C26H30Si. The predicted molar refractivity (Wildman–Crippen MR) is 122 cm³/mol. The summed E-state index contributed by atoms with van der Waals surface area (Å²) in [6.07, 6.45) is 0. The Kier molecular flexibility index (Phi) is 4.34. The Morgan fingerprint density at radius 1 is 0.481 bits per heavy atom. The van der Waals surface area contributed by atoms with Gasteiger partial charge in [-0.25, -0.2) is 0 Å². The van der Waals surface area contributed by atoms with Crippen molar-refractivity contribution in [2.75, 3.05) is 0 Å². The second-order valence-electron chi connectivity index (χ2n) is 8.64. The molecule has 0 saturated carbocycles. The third kappa shape index (κ3) is 2.70. The van der Waals surface area contributed by atoms with Crippen LogP contribution >= 0.6 is 0 Å². The average molecular weight is 371 g/mol. The highest BCUT2D eigenvalue weighted by atomic mass is 28.2. The highest BCUT2D eigenvalue weighted by Crippen LogP contribution is 2.48. The van der Waals surface area contributed by atoms with Gasteiger partial charge in [0.05, 0.1) is 9.52 Å². The molecule has 0 unspecified atom stereocenters. The Bertz CT molecular complexity index is 949. The van der Waals surface area contributed by atoms with Gasteiger partial charge in [0.1, 0.15) is 0 Å². The van der Waals surface area contributed by atoms with Gasteiger partial charge in [0.25, 0.3) is 0 Å². The number of fused-ring (bicyclic) bond motifs is 2. The molecule has 2 aliphatic rings. The van der Waals surface area contributed by atoms with Crippen molar-refractivity contribution in [3.63, 3.8) is 0 Å². The number of allylic oxidation sites excluding steroid dienone is 4. The lowest BCUT2D eigenvalue weighted by molar-refractivity contribution is 1.27. The molecule has 2 aromatic rings. The largest absolute Gasteiger partial charge is 0.0617 e. The normalized spacial score (nSPS) is 17.2. The maximum Gasteiger partial charge on any atom is 0.0575 e. The van der Waals surface area contributed by atoms with E-state index in [1.54, 1.807) is 11.1 Å². The molecule has 138 valence electrons. The van der Waals surface area contributed by atoms with Crippen molar-refractivity contribution in [2.45, 2.75) is 55.4 Å². The van der Waals surface area contributed by atoms with Crippen LogP contribution in [0.5, 0.6) is 0 Å². The van der Waals surface area contributed by atoms with Gasteiger partial charge in [-0.2, -0.15) is 0 Å². The van der Waals surface area contributed by atoms with Gasteiger partial charge in [-0.1, -0.05) is 46.5 Å². The summed E-state index contributed by atoms with van der Waals surface area (Å²) in [5, 5.41) is 0. The Morgan fingerprint density at radius 2 is 0.852 bits per heavy atom. The van der Waals surface area contributed by atoms with Gasteiger partial charge in [-0.3, -0.25) is 0 Å². The summed E-state index contributed by atoms with van der Waals surface area (Å²) in [6.45, 7) is 18.3. The topological polar surface area (TPSA) is 0 Å². The Labute approximate surface area is 167 Å². The first-order valence-electron chi connectivity index (χ1n) is 10.0. The van der Waals surface area contributed by atoms with Crippen LogP contribution in [0.3, 0.4) is 0 Å². The minimum absolute atomic E-state index is 0.558. The Morgan fingerprint density at radius 3 is 1.22 bits per heavy atom. The monoisotopic (exact) mass is 370 g/mol. The zero-order valence-corrected chi connectivity index (χ0v) is 19.4. The van der Waals surface area contributed by atoms with Crippen LogP contribution in [-0.2, 0) is 0 Å². The van der Waals surface area contributed by atoms with E-state index in [1.807, 2.05) is 0 Å². The summed E-state index contributed by atoms with van der Waals surface area (Å²) in [5.74, 6) is 0. The lowest BCUT2D eigenvalue weighted by Gasteiger charge is -2.21. The third-order valence-electron chi connectivity index (χ3n) is 6.74. The molecule has 1 heteroatoms. The molecule has 2 aliphatic carbocycles. The summed E-state index contributed by atoms with van der Waals surface area (Å²) in [4.78, 5) is 0. The molecule has 2 radical (unpaired) electrons. The molecule has 0 saturated heterocycles. The molecule has 27 heavy (non-hydrogen) atoms. The quantitative estimate of drug-likeness (QED) is 0.555. The van der Waals surface area contributed by atoms with Gasteiger partial charge < -0.3 is 0 Å². The van der Waals surface area contributed by atoms with Crippen molar-refractivity contribution in [3.8, 4) is 0 Å². The number of benzene rings is 2. The maximum atomic E-state index is 2.43. The van der Waals surface area contributed by atoms with E-state index >= 15 is 0 Å². The molecule has 4 rings (SSSR count). The van der Waals surface area contributed by atoms with E-state index in [0.29, 0.717) is 0 Å². The minimum Gasteiger partial charge on any atom is -0.0617 e. The number of aryl methyl sites for hydroxylation is 4. The van der Waals surface area contributed by atoms with E-state index in [0.717, 1.165) is 0 Å². The van der Waals surface area contributed by atoms with Gasteiger partial charge in [-0.15, -0.1) is 0 Å². The molecule has 2 aromatic carbocycles. The number of rotatable bonds is 2. The molecule has 0 spiro atoms. The molecule has 0 bridgehead atoms. The fourth-order valence-electron chi connectivity index (χ4n) is 5.27. The summed E-state index contributed by atoms with van der Waals surface area (Å²) < 4.78 is 0. The first kappa shape index (κ1) is 18.5. The van der Waals surface area contributed by atoms with Crippen LogP contribution in [0, 0.1) is 38.8 Å². The van der Waals surface area contributed by atoms with E-state index < -0.39 is 9.52 Å².